The molecule has 5 nitrogen and oxygen atoms in total. The molecule has 0 aliphatic rings. The predicted molar refractivity (Wildman–Crippen MR) is 94.9 cm³/mol. The van der Waals surface area contributed by atoms with E-state index in [1.54, 1.807) is 0 Å². The fraction of sp³-hybridized carbons (Fsp3) is 0.118. The third kappa shape index (κ3) is 4.77. The van der Waals surface area contributed by atoms with E-state index in [0.29, 0.717) is 5.56 Å². The Kier molecular flexibility index (Phi) is 6.83. The molecule has 0 fully saturated rings. The molecular weight excluding hydrogens is 409 g/mol. The summed E-state index contributed by atoms with van der Waals surface area (Å²) in [5.41, 5.74) is 0.696. The van der Waals surface area contributed by atoms with E-state index in [4.69, 9.17) is 21.2 Å². The van der Waals surface area contributed by atoms with Crippen molar-refractivity contribution in [2.45, 2.75) is 12.2 Å². The number of nitrogens with two attached hydrogens (primary N) is 1. The Labute approximate surface area is 183 Å². The van der Waals surface area contributed by atoms with Gasteiger partial charge >= 0.3 is 29.6 Å². The number of benzene rings is 2. The molecule has 0 aliphatic heterocycles. The van der Waals surface area contributed by atoms with Gasteiger partial charge < -0.3 is 5.84 Å². The maximum Gasteiger partial charge on any atom is 1.00 e. The van der Waals surface area contributed by atoms with Gasteiger partial charge in [0.2, 0.25) is 15.9 Å². The first-order valence-electron chi connectivity index (χ1n) is 7.40. The molecule has 0 radical (unpaired) electrons. The van der Waals surface area contributed by atoms with E-state index < -0.39 is 26.9 Å². The van der Waals surface area contributed by atoms with Gasteiger partial charge in [0.25, 0.3) is 0 Å². The summed E-state index contributed by atoms with van der Waals surface area (Å²) in [6, 6.07) is 9.18. The van der Waals surface area contributed by atoms with Crippen molar-refractivity contribution in [1.29, 1.82) is 0 Å². The maximum absolute atomic E-state index is 13.8. The van der Waals surface area contributed by atoms with Crippen LogP contribution in [0.2, 0.25) is 5.02 Å². The van der Waals surface area contributed by atoms with Crippen LogP contribution in [0.15, 0.2) is 46.9 Å². The number of nitrogens with zero attached hydrogens (tertiary/aromatic N) is 1. The van der Waals surface area contributed by atoms with Crippen LogP contribution in [-0.2, 0) is 10.0 Å². The maximum atomic E-state index is 13.8. The quantitative estimate of drug-likeness (QED) is 0.644. The first-order chi connectivity index (χ1) is 12.2. The van der Waals surface area contributed by atoms with Gasteiger partial charge in [-0.05, 0) is 49.4 Å². The van der Waals surface area contributed by atoms with Gasteiger partial charge in [-0.2, -0.15) is 0 Å². The Morgan fingerprint density at radius 2 is 1.74 bits per heavy atom. The minimum Gasteiger partial charge on any atom is -1.00 e. The summed E-state index contributed by atoms with van der Waals surface area (Å²) in [6.07, 6.45) is 0. The standard InChI is InChI=1S/C17H13ClF2N2O3S.Na.H/c1-9(26(21,23)24)15-16(11-4-7-13(18)14(20)8-11)25-17(22-15)10-2-5-12(19)6-3-10;;/h2-9H,1H3,(H2,21,23,24);;/q;+1;-1. The normalized spacial score (nSPS) is 12.5. The van der Waals surface area contributed by atoms with Crippen molar-refractivity contribution in [2.75, 3.05) is 0 Å². The van der Waals surface area contributed by atoms with E-state index in [1.807, 2.05) is 0 Å². The van der Waals surface area contributed by atoms with Gasteiger partial charge in [0.15, 0.2) is 5.76 Å². The van der Waals surface area contributed by atoms with Gasteiger partial charge in [-0.1, -0.05) is 11.6 Å². The molecular formula is C17H14ClF2N2NaO3S. The third-order valence-corrected chi connectivity index (χ3v) is 5.32. The topological polar surface area (TPSA) is 86.2 Å². The van der Waals surface area contributed by atoms with Crippen LogP contribution >= 0.6 is 11.6 Å². The number of hydrogen-bond donors (Lipinski definition) is 1. The van der Waals surface area contributed by atoms with Gasteiger partial charge in [0, 0.05) is 11.1 Å². The number of halogens is 3. The molecule has 3 aromatic rings. The minimum atomic E-state index is -3.98. The van der Waals surface area contributed by atoms with Gasteiger partial charge in [-0.15, -0.1) is 0 Å². The number of hydrogen-bond acceptors (Lipinski definition) is 4. The second kappa shape index (κ2) is 8.38. The third-order valence-electron chi connectivity index (χ3n) is 3.80. The van der Waals surface area contributed by atoms with Crippen LogP contribution in [0.1, 0.15) is 19.3 Å². The number of aromatic nitrogens is 1. The Hall–Kier alpha value is -1.29. The van der Waals surface area contributed by atoms with E-state index in [9.17, 15) is 17.2 Å². The molecule has 2 aromatic carbocycles. The van der Waals surface area contributed by atoms with Gasteiger partial charge in [0.05, 0.1) is 5.02 Å². The fourth-order valence-corrected chi connectivity index (χ4v) is 2.91. The first kappa shape index (κ1) is 22.0. The molecule has 1 heterocycles. The monoisotopic (exact) mass is 422 g/mol. The summed E-state index contributed by atoms with van der Waals surface area (Å²) in [6.45, 7) is 1.34. The molecule has 0 bridgehead atoms. The average Bonchev–Trinajstić information content (AvgIpc) is 3.01. The molecule has 0 saturated carbocycles. The van der Waals surface area contributed by atoms with E-state index in [1.165, 1.54) is 43.3 Å². The van der Waals surface area contributed by atoms with E-state index in [0.717, 1.165) is 6.07 Å². The van der Waals surface area contributed by atoms with Crippen molar-refractivity contribution >= 4 is 21.6 Å². The van der Waals surface area contributed by atoms with Crippen LogP contribution in [0.25, 0.3) is 22.8 Å². The summed E-state index contributed by atoms with van der Waals surface area (Å²) in [5, 5.41) is 3.94. The zero-order chi connectivity index (χ0) is 19.1. The van der Waals surface area contributed by atoms with Crippen LogP contribution < -0.4 is 34.7 Å². The predicted octanol–water partition coefficient (Wildman–Crippen LogP) is 1.41. The summed E-state index contributed by atoms with van der Waals surface area (Å²) < 4.78 is 56.2. The van der Waals surface area contributed by atoms with Crippen molar-refractivity contribution < 1.29 is 52.6 Å². The Morgan fingerprint density at radius 3 is 2.30 bits per heavy atom. The molecule has 0 spiro atoms. The van der Waals surface area contributed by atoms with Crippen molar-refractivity contribution in [1.82, 2.24) is 4.98 Å². The largest absolute Gasteiger partial charge is 1.00 e. The van der Waals surface area contributed by atoms with Gasteiger partial charge in [-0.3, -0.25) is 0 Å². The molecule has 1 aromatic heterocycles. The molecule has 0 amide bonds. The number of rotatable bonds is 4. The molecule has 2 N–H and O–H groups in total. The second-order valence-electron chi connectivity index (χ2n) is 5.60. The van der Waals surface area contributed by atoms with Crippen LogP contribution in [0.3, 0.4) is 0 Å². The summed E-state index contributed by atoms with van der Waals surface area (Å²) in [4.78, 5) is 4.20. The zero-order valence-electron chi connectivity index (χ0n) is 15.4. The average molecular weight is 423 g/mol. The van der Waals surface area contributed by atoms with Crippen molar-refractivity contribution in [3.05, 3.63) is 64.8 Å². The molecule has 3 rings (SSSR count). The van der Waals surface area contributed by atoms with Crippen molar-refractivity contribution in [3.63, 3.8) is 0 Å². The minimum absolute atomic E-state index is 0. The Morgan fingerprint density at radius 1 is 1.15 bits per heavy atom. The van der Waals surface area contributed by atoms with Crippen LogP contribution in [-0.4, -0.2) is 13.4 Å². The SMILES string of the molecule is CC(c1nc(-c2ccc(F)cc2)oc1-c1ccc(Cl)c(F)c1)S(N)(=O)=O.[H-].[Na+]. The fourth-order valence-electron chi connectivity index (χ4n) is 2.32. The molecule has 138 valence electrons. The molecule has 1 atom stereocenters. The second-order valence-corrected chi connectivity index (χ2v) is 7.89. The van der Waals surface area contributed by atoms with E-state index in [-0.39, 0.29) is 58.9 Å². The summed E-state index contributed by atoms with van der Waals surface area (Å²) in [5.74, 6) is -1.04. The smallest absolute Gasteiger partial charge is 1.00 e. The number of oxazole rings is 1. The summed E-state index contributed by atoms with van der Waals surface area (Å²) >= 11 is 5.69. The number of primary sulfonamides is 1. The Balaban J connectivity index is 0.00000196. The zero-order valence-corrected chi connectivity index (χ0v) is 18.0. The van der Waals surface area contributed by atoms with Crippen LogP contribution in [0.4, 0.5) is 8.78 Å². The first-order valence-corrected chi connectivity index (χ1v) is 9.39. The van der Waals surface area contributed by atoms with Crippen LogP contribution in [0, 0.1) is 11.6 Å². The molecule has 0 saturated heterocycles. The van der Waals surface area contributed by atoms with E-state index in [2.05, 4.69) is 4.98 Å². The van der Waals surface area contributed by atoms with Crippen molar-refractivity contribution in [2.24, 2.45) is 5.14 Å². The van der Waals surface area contributed by atoms with Crippen LogP contribution in [0.5, 0.6) is 0 Å². The number of sulfonamides is 1. The molecule has 1 unspecified atom stereocenters. The van der Waals surface area contributed by atoms with Crippen molar-refractivity contribution in [3.8, 4) is 22.8 Å². The molecule has 0 aliphatic carbocycles. The molecule has 27 heavy (non-hydrogen) atoms. The van der Waals surface area contributed by atoms with Gasteiger partial charge in [-0.25, -0.2) is 27.3 Å². The summed E-state index contributed by atoms with van der Waals surface area (Å²) in [7, 11) is -3.98. The molecule has 10 heteroatoms. The van der Waals surface area contributed by atoms with E-state index >= 15 is 0 Å². The Bertz CT molecular complexity index is 1080. The van der Waals surface area contributed by atoms with Gasteiger partial charge in [0.1, 0.15) is 22.6 Å².